The average molecular weight is 378 g/mol. The molecule has 0 aromatic heterocycles. The van der Waals surface area contributed by atoms with Gasteiger partial charge < -0.3 is 4.90 Å². The van der Waals surface area contributed by atoms with Gasteiger partial charge in [0.25, 0.3) is 5.91 Å². The Balaban J connectivity index is 2.23. The van der Waals surface area contributed by atoms with E-state index in [-0.39, 0.29) is 16.6 Å². The molecule has 7 heteroatoms. The fourth-order valence-corrected chi connectivity index (χ4v) is 4.16. The highest BCUT2D eigenvalue weighted by atomic mass is 32.2. The lowest BCUT2D eigenvalue weighted by Gasteiger charge is -2.20. The first-order valence-corrected chi connectivity index (χ1v) is 9.83. The maximum Gasteiger partial charge on any atom is 0.253 e. The molecule has 0 aliphatic heterocycles. The van der Waals surface area contributed by atoms with Crippen molar-refractivity contribution in [1.29, 1.82) is 0 Å². The van der Waals surface area contributed by atoms with Crippen LogP contribution in [0.3, 0.4) is 0 Å². The largest absolute Gasteiger partial charge is 0.337 e. The smallest absolute Gasteiger partial charge is 0.253 e. The van der Waals surface area contributed by atoms with Gasteiger partial charge in [-0.2, -0.15) is 4.31 Å². The van der Waals surface area contributed by atoms with Crippen LogP contribution in [0.15, 0.2) is 53.4 Å². The first-order chi connectivity index (χ1) is 12.3. The molecule has 0 radical (unpaired) electrons. The van der Waals surface area contributed by atoms with E-state index < -0.39 is 10.0 Å². The molecule has 0 saturated heterocycles. The number of nitrogens with zero attached hydrogens (tertiary/aromatic N) is 2. The summed E-state index contributed by atoms with van der Waals surface area (Å²) in [4.78, 5) is 14.2. The third kappa shape index (κ3) is 4.47. The number of rotatable bonds is 7. The third-order valence-corrected chi connectivity index (χ3v) is 6.15. The van der Waals surface area contributed by atoms with Crippen molar-refractivity contribution < 1.29 is 17.6 Å². The van der Waals surface area contributed by atoms with Gasteiger partial charge in [0.1, 0.15) is 5.82 Å². The molecule has 0 N–H and O–H groups in total. The Hall–Kier alpha value is -2.25. The van der Waals surface area contributed by atoms with E-state index in [9.17, 15) is 17.6 Å². The fourth-order valence-electron chi connectivity index (χ4n) is 2.66. The zero-order valence-electron chi connectivity index (χ0n) is 15.1. The minimum absolute atomic E-state index is 0.0993. The van der Waals surface area contributed by atoms with Crippen molar-refractivity contribution in [1.82, 2.24) is 9.21 Å². The van der Waals surface area contributed by atoms with Crippen LogP contribution >= 0.6 is 0 Å². The molecule has 5 nitrogen and oxygen atoms in total. The molecule has 0 saturated carbocycles. The summed E-state index contributed by atoms with van der Waals surface area (Å²) in [7, 11) is -2.00. The highest BCUT2D eigenvalue weighted by Crippen LogP contribution is 2.18. The number of halogens is 1. The van der Waals surface area contributed by atoms with E-state index in [1.807, 2.05) is 0 Å². The third-order valence-electron chi connectivity index (χ3n) is 4.10. The van der Waals surface area contributed by atoms with Gasteiger partial charge in [-0.05, 0) is 35.9 Å². The predicted molar refractivity (Wildman–Crippen MR) is 98.7 cm³/mol. The summed E-state index contributed by atoms with van der Waals surface area (Å²) < 4.78 is 39.6. The minimum atomic E-state index is -3.63. The lowest BCUT2D eigenvalue weighted by Crippen LogP contribution is -2.31. The first-order valence-electron chi connectivity index (χ1n) is 8.39. The molecular weight excluding hydrogens is 355 g/mol. The van der Waals surface area contributed by atoms with Crippen LogP contribution in [-0.4, -0.2) is 43.7 Å². The number of carbonyl (C=O) groups is 1. The van der Waals surface area contributed by atoms with Crippen LogP contribution in [0.2, 0.25) is 0 Å². The quantitative estimate of drug-likeness (QED) is 0.744. The lowest BCUT2D eigenvalue weighted by molar-refractivity contribution is 0.0785. The molecule has 0 heterocycles. The summed E-state index contributed by atoms with van der Waals surface area (Å²) in [6.07, 6.45) is 0. The number of benzene rings is 2. The molecule has 0 unspecified atom stereocenters. The molecule has 2 aromatic carbocycles. The van der Waals surface area contributed by atoms with E-state index in [1.165, 1.54) is 33.5 Å². The van der Waals surface area contributed by atoms with Crippen LogP contribution in [0.25, 0.3) is 0 Å². The zero-order valence-corrected chi connectivity index (χ0v) is 16.0. The Morgan fingerprint density at radius 1 is 1.04 bits per heavy atom. The van der Waals surface area contributed by atoms with E-state index >= 15 is 0 Å². The Bertz CT molecular complexity index is 863. The van der Waals surface area contributed by atoms with Gasteiger partial charge in [-0.15, -0.1) is 0 Å². The van der Waals surface area contributed by atoms with Crippen molar-refractivity contribution in [3.05, 3.63) is 65.5 Å². The minimum Gasteiger partial charge on any atom is -0.337 e. The van der Waals surface area contributed by atoms with Crippen LogP contribution in [-0.2, 0) is 16.6 Å². The van der Waals surface area contributed by atoms with Crippen LogP contribution in [0.5, 0.6) is 0 Å². The predicted octanol–water partition coefficient (Wildman–Crippen LogP) is 3.13. The fraction of sp³-hybridized carbons (Fsp3) is 0.316. The highest BCUT2D eigenvalue weighted by molar-refractivity contribution is 7.89. The second kappa shape index (κ2) is 8.42. The van der Waals surface area contributed by atoms with E-state index in [2.05, 4.69) is 0 Å². The first kappa shape index (κ1) is 20.1. The van der Waals surface area contributed by atoms with Gasteiger partial charge in [0, 0.05) is 32.2 Å². The van der Waals surface area contributed by atoms with Crippen molar-refractivity contribution in [3.8, 4) is 0 Å². The van der Waals surface area contributed by atoms with Gasteiger partial charge in [-0.1, -0.05) is 32.0 Å². The van der Waals surface area contributed by atoms with Crippen molar-refractivity contribution >= 4 is 15.9 Å². The summed E-state index contributed by atoms with van der Waals surface area (Å²) in [5, 5.41) is 0. The Labute approximate surface area is 154 Å². The van der Waals surface area contributed by atoms with Crippen LogP contribution in [0, 0.1) is 5.82 Å². The highest BCUT2D eigenvalue weighted by Gasteiger charge is 2.23. The number of hydrogen-bond donors (Lipinski definition) is 0. The van der Waals surface area contributed by atoms with E-state index in [0.717, 1.165) is 5.56 Å². The molecule has 0 aliphatic rings. The molecule has 0 fully saturated rings. The molecule has 0 aliphatic carbocycles. The molecule has 0 bridgehead atoms. The number of amides is 1. The summed E-state index contributed by atoms with van der Waals surface area (Å²) in [6.45, 7) is 4.56. The van der Waals surface area contributed by atoms with Crippen molar-refractivity contribution in [2.45, 2.75) is 25.3 Å². The van der Waals surface area contributed by atoms with Gasteiger partial charge in [0.15, 0.2) is 0 Å². The van der Waals surface area contributed by atoms with Gasteiger partial charge in [0.2, 0.25) is 10.0 Å². The van der Waals surface area contributed by atoms with Gasteiger partial charge in [-0.3, -0.25) is 4.79 Å². The lowest BCUT2D eigenvalue weighted by atomic mass is 10.1. The molecular formula is C19H23FN2O3S. The topological polar surface area (TPSA) is 57.7 Å². The van der Waals surface area contributed by atoms with E-state index in [1.54, 1.807) is 45.2 Å². The average Bonchev–Trinajstić information content (AvgIpc) is 2.64. The second-order valence-corrected chi connectivity index (χ2v) is 7.84. The molecule has 140 valence electrons. The summed E-state index contributed by atoms with van der Waals surface area (Å²) >= 11 is 0. The summed E-state index contributed by atoms with van der Waals surface area (Å²) in [5.74, 6) is -0.636. The molecule has 0 atom stereocenters. The maximum atomic E-state index is 13.0. The number of sulfonamides is 1. The van der Waals surface area contributed by atoms with Gasteiger partial charge in [-0.25, -0.2) is 12.8 Å². The standard InChI is InChI=1S/C19H23FN2O3S/c1-4-22(5-2)26(24,25)18-8-6-7-16(13-18)19(23)21(3)14-15-9-11-17(20)12-10-15/h6-13H,4-5,14H2,1-3H3. The second-order valence-electron chi connectivity index (χ2n) is 5.90. The molecule has 26 heavy (non-hydrogen) atoms. The Morgan fingerprint density at radius 3 is 2.23 bits per heavy atom. The van der Waals surface area contributed by atoms with Crippen molar-refractivity contribution in [2.24, 2.45) is 0 Å². The summed E-state index contributed by atoms with van der Waals surface area (Å²) in [6, 6.07) is 11.9. The molecule has 2 rings (SSSR count). The van der Waals surface area contributed by atoms with Crippen LogP contribution in [0.4, 0.5) is 4.39 Å². The Kier molecular flexibility index (Phi) is 6.50. The molecule has 0 spiro atoms. The van der Waals surface area contributed by atoms with Gasteiger partial charge in [0.05, 0.1) is 4.90 Å². The van der Waals surface area contributed by atoms with Crippen LogP contribution < -0.4 is 0 Å². The van der Waals surface area contributed by atoms with Crippen LogP contribution in [0.1, 0.15) is 29.8 Å². The zero-order chi connectivity index (χ0) is 19.3. The molecule has 1 amide bonds. The monoisotopic (exact) mass is 378 g/mol. The Morgan fingerprint density at radius 2 is 1.65 bits per heavy atom. The van der Waals surface area contributed by atoms with E-state index in [4.69, 9.17) is 0 Å². The van der Waals surface area contributed by atoms with Crippen molar-refractivity contribution in [3.63, 3.8) is 0 Å². The maximum absolute atomic E-state index is 13.0. The van der Waals surface area contributed by atoms with Crippen molar-refractivity contribution in [2.75, 3.05) is 20.1 Å². The number of carbonyl (C=O) groups excluding carboxylic acids is 1. The molecule has 2 aromatic rings. The summed E-state index contributed by atoms with van der Waals surface area (Å²) in [5.41, 5.74) is 1.08. The number of hydrogen-bond acceptors (Lipinski definition) is 3. The SMILES string of the molecule is CCN(CC)S(=O)(=O)c1cccc(C(=O)N(C)Cc2ccc(F)cc2)c1. The van der Waals surface area contributed by atoms with E-state index in [0.29, 0.717) is 25.2 Å². The van der Waals surface area contributed by atoms with Gasteiger partial charge >= 0.3 is 0 Å². The normalized spacial score (nSPS) is 11.6.